The number of benzene rings is 1. The SMILES string of the molecule is C[C@@H]1C[C@H](C)CN(C(=O)Cn2c(=O)/c(=C\c3ccc4c(c3)OCCO4)s/c2=C\C(=O)C(C)(C)C)C1. The molecule has 2 aliphatic heterocycles. The Morgan fingerprint density at radius 2 is 1.74 bits per heavy atom. The highest BCUT2D eigenvalue weighted by Gasteiger charge is 2.26. The number of hydrogen-bond acceptors (Lipinski definition) is 6. The van der Waals surface area contributed by atoms with E-state index in [0.717, 1.165) is 12.0 Å². The lowest BCUT2D eigenvalue weighted by Crippen LogP contribution is -2.46. The zero-order chi connectivity index (χ0) is 25.3. The van der Waals surface area contributed by atoms with E-state index in [1.54, 1.807) is 6.08 Å². The summed E-state index contributed by atoms with van der Waals surface area (Å²) in [6.07, 6.45) is 4.37. The summed E-state index contributed by atoms with van der Waals surface area (Å²) < 4.78 is 13.6. The minimum Gasteiger partial charge on any atom is -0.486 e. The van der Waals surface area contributed by atoms with Crippen molar-refractivity contribution in [3.05, 3.63) is 43.3 Å². The number of amides is 1. The Bertz CT molecular complexity index is 1290. The molecule has 0 aliphatic carbocycles. The van der Waals surface area contributed by atoms with Crippen molar-refractivity contribution in [2.24, 2.45) is 17.3 Å². The molecule has 35 heavy (non-hydrogen) atoms. The van der Waals surface area contributed by atoms with Crippen LogP contribution in [0.15, 0.2) is 23.0 Å². The summed E-state index contributed by atoms with van der Waals surface area (Å²) in [5, 5.41) is 0. The minimum atomic E-state index is -0.591. The van der Waals surface area contributed by atoms with Crippen molar-refractivity contribution in [3.8, 4) is 11.5 Å². The van der Waals surface area contributed by atoms with Gasteiger partial charge in [-0.25, -0.2) is 0 Å². The van der Waals surface area contributed by atoms with Gasteiger partial charge in [-0.2, -0.15) is 0 Å². The molecule has 2 aromatic rings. The topological polar surface area (TPSA) is 77.8 Å². The first-order valence-corrected chi connectivity index (χ1v) is 13.0. The zero-order valence-corrected chi connectivity index (χ0v) is 21.9. The molecule has 0 spiro atoms. The molecule has 0 N–H and O–H groups in total. The fourth-order valence-electron chi connectivity index (χ4n) is 4.52. The largest absolute Gasteiger partial charge is 0.486 e. The van der Waals surface area contributed by atoms with E-state index in [0.29, 0.717) is 58.8 Å². The fraction of sp³-hybridized carbons (Fsp3) is 0.519. The van der Waals surface area contributed by atoms with Crippen LogP contribution in [0.2, 0.25) is 0 Å². The van der Waals surface area contributed by atoms with Gasteiger partial charge in [-0.15, -0.1) is 11.3 Å². The third kappa shape index (κ3) is 5.86. The molecule has 2 aliphatic rings. The number of carbonyl (C=O) groups is 2. The van der Waals surface area contributed by atoms with Gasteiger partial charge in [-0.1, -0.05) is 40.7 Å². The molecular formula is C27H34N2O5S. The number of thiazole rings is 1. The standard InChI is InChI=1S/C27H34N2O5S/c1-17-10-18(2)15-28(14-17)24(31)16-29-25(13-23(30)27(3,4)5)35-22(26(29)32)12-19-6-7-20-21(11-19)34-9-8-33-20/h6-7,11-13,17-18H,8-10,14-16H2,1-5H3/b22-12+,25-13-/t17-,18+. The normalized spacial score (nSPS) is 21.3. The summed E-state index contributed by atoms with van der Waals surface area (Å²) in [7, 11) is 0. The van der Waals surface area contributed by atoms with Crippen LogP contribution in [0.25, 0.3) is 12.2 Å². The van der Waals surface area contributed by atoms with Crippen molar-refractivity contribution in [1.82, 2.24) is 9.47 Å². The maximum absolute atomic E-state index is 13.4. The van der Waals surface area contributed by atoms with E-state index < -0.39 is 5.41 Å². The van der Waals surface area contributed by atoms with Gasteiger partial charge in [-0.05, 0) is 42.0 Å². The Morgan fingerprint density at radius 1 is 1.09 bits per heavy atom. The molecule has 0 unspecified atom stereocenters. The van der Waals surface area contributed by atoms with Crippen LogP contribution < -0.4 is 24.2 Å². The molecule has 4 rings (SSSR count). The molecule has 0 bridgehead atoms. The third-order valence-corrected chi connectivity index (χ3v) is 7.37. The summed E-state index contributed by atoms with van der Waals surface area (Å²) in [6, 6.07) is 5.52. The van der Waals surface area contributed by atoms with E-state index in [1.807, 2.05) is 43.9 Å². The monoisotopic (exact) mass is 498 g/mol. The maximum atomic E-state index is 13.4. The average molecular weight is 499 g/mol. The second-order valence-electron chi connectivity index (χ2n) is 10.7. The Labute approximate surface area is 209 Å². The van der Waals surface area contributed by atoms with E-state index >= 15 is 0 Å². The van der Waals surface area contributed by atoms with Crippen molar-refractivity contribution in [3.63, 3.8) is 0 Å². The summed E-state index contributed by atoms with van der Waals surface area (Å²) in [4.78, 5) is 41.3. The van der Waals surface area contributed by atoms with Crippen molar-refractivity contribution < 1.29 is 19.1 Å². The van der Waals surface area contributed by atoms with Crippen LogP contribution in [-0.4, -0.2) is 47.5 Å². The predicted octanol–water partition coefficient (Wildman–Crippen LogP) is 2.41. The predicted molar refractivity (Wildman–Crippen MR) is 137 cm³/mol. The molecule has 3 heterocycles. The Balaban J connectivity index is 1.74. The Hall–Kier alpha value is -2.87. The number of likely N-dealkylation sites (tertiary alicyclic amines) is 1. The molecule has 2 atom stereocenters. The molecule has 1 saturated heterocycles. The number of ketones is 1. The van der Waals surface area contributed by atoms with Gasteiger partial charge in [-0.3, -0.25) is 19.0 Å². The first-order chi connectivity index (χ1) is 16.5. The highest BCUT2D eigenvalue weighted by atomic mass is 32.1. The number of rotatable bonds is 4. The molecule has 1 amide bonds. The van der Waals surface area contributed by atoms with Crippen LogP contribution in [0.3, 0.4) is 0 Å². The van der Waals surface area contributed by atoms with Crippen LogP contribution in [0, 0.1) is 17.3 Å². The number of Topliss-reactive ketones (excluding diaryl/α,β-unsaturated/α-hetero) is 1. The first-order valence-electron chi connectivity index (χ1n) is 12.2. The fourth-order valence-corrected chi connectivity index (χ4v) is 5.57. The van der Waals surface area contributed by atoms with Crippen LogP contribution in [0.1, 0.15) is 46.6 Å². The maximum Gasteiger partial charge on any atom is 0.269 e. The number of carbonyl (C=O) groups excluding carboxylic acids is 2. The zero-order valence-electron chi connectivity index (χ0n) is 21.1. The second kappa shape index (κ2) is 10.0. The molecule has 1 fully saturated rings. The lowest BCUT2D eigenvalue weighted by molar-refractivity contribution is -0.134. The third-order valence-electron chi connectivity index (χ3n) is 6.31. The van der Waals surface area contributed by atoms with Crippen LogP contribution >= 0.6 is 11.3 Å². The van der Waals surface area contributed by atoms with E-state index in [9.17, 15) is 14.4 Å². The van der Waals surface area contributed by atoms with Gasteiger partial charge in [0.15, 0.2) is 17.3 Å². The number of fused-ring (bicyclic) bond motifs is 1. The van der Waals surface area contributed by atoms with Crippen molar-refractivity contribution >= 4 is 35.2 Å². The first kappa shape index (κ1) is 25.2. The summed E-state index contributed by atoms with van der Waals surface area (Å²) in [5.41, 5.74) is -0.0745. The van der Waals surface area contributed by atoms with E-state index in [4.69, 9.17) is 9.47 Å². The minimum absolute atomic E-state index is 0.0764. The van der Waals surface area contributed by atoms with Gasteiger partial charge in [0.05, 0.1) is 4.53 Å². The molecule has 0 radical (unpaired) electrons. The van der Waals surface area contributed by atoms with E-state index in [2.05, 4.69) is 13.8 Å². The van der Waals surface area contributed by atoms with E-state index in [-0.39, 0.29) is 23.8 Å². The molecular weight excluding hydrogens is 464 g/mol. The molecule has 0 saturated carbocycles. The van der Waals surface area contributed by atoms with Gasteiger partial charge in [0, 0.05) is 24.6 Å². The second-order valence-corrected chi connectivity index (χ2v) is 11.8. The molecule has 188 valence electrons. The number of aromatic nitrogens is 1. The summed E-state index contributed by atoms with van der Waals surface area (Å²) >= 11 is 1.23. The average Bonchev–Trinajstić information content (AvgIpc) is 3.06. The highest BCUT2D eigenvalue weighted by Crippen LogP contribution is 2.30. The van der Waals surface area contributed by atoms with Crippen molar-refractivity contribution in [1.29, 1.82) is 0 Å². The van der Waals surface area contributed by atoms with Crippen LogP contribution in [0.5, 0.6) is 11.5 Å². The lowest BCUT2D eigenvalue weighted by Gasteiger charge is -2.35. The van der Waals surface area contributed by atoms with E-state index in [1.165, 1.54) is 22.0 Å². The molecule has 1 aromatic heterocycles. The Morgan fingerprint density at radius 3 is 2.40 bits per heavy atom. The summed E-state index contributed by atoms with van der Waals surface area (Å²) in [6.45, 7) is 12.1. The molecule has 7 nitrogen and oxygen atoms in total. The number of hydrogen-bond donors (Lipinski definition) is 0. The van der Waals surface area contributed by atoms with Gasteiger partial charge >= 0.3 is 0 Å². The van der Waals surface area contributed by atoms with Gasteiger partial charge in [0.1, 0.15) is 24.4 Å². The number of nitrogens with zero attached hydrogens (tertiary/aromatic N) is 2. The molecule has 1 aromatic carbocycles. The highest BCUT2D eigenvalue weighted by molar-refractivity contribution is 7.07. The quantitative estimate of drug-likeness (QED) is 0.647. The van der Waals surface area contributed by atoms with Gasteiger partial charge in [0.25, 0.3) is 5.56 Å². The number of piperidine rings is 1. The van der Waals surface area contributed by atoms with Crippen molar-refractivity contribution in [2.45, 2.75) is 47.6 Å². The van der Waals surface area contributed by atoms with Crippen LogP contribution in [0.4, 0.5) is 0 Å². The van der Waals surface area contributed by atoms with Gasteiger partial charge < -0.3 is 14.4 Å². The smallest absolute Gasteiger partial charge is 0.269 e. The van der Waals surface area contributed by atoms with Crippen LogP contribution in [-0.2, 0) is 16.1 Å². The van der Waals surface area contributed by atoms with Crippen molar-refractivity contribution in [2.75, 3.05) is 26.3 Å². The Kier molecular flexibility index (Phi) is 7.22. The molecule has 8 heteroatoms. The number of ether oxygens (including phenoxy) is 2. The summed E-state index contributed by atoms with van der Waals surface area (Å²) in [5.74, 6) is 1.99. The lowest BCUT2D eigenvalue weighted by atomic mass is 9.91. The van der Waals surface area contributed by atoms with Gasteiger partial charge in [0.2, 0.25) is 5.91 Å².